The molecule has 0 saturated carbocycles. The number of nitrogens with zero attached hydrogens (tertiary/aromatic N) is 3. The van der Waals surface area contributed by atoms with Crippen molar-refractivity contribution in [2.24, 2.45) is 10.3 Å². The zero-order chi connectivity index (χ0) is 9.38. The Morgan fingerprint density at radius 2 is 2.14 bits per heavy atom. The normalized spacial score (nSPS) is 29.6. The van der Waals surface area contributed by atoms with E-state index in [1.54, 1.807) is 0 Å². The van der Waals surface area contributed by atoms with E-state index in [9.17, 15) is 0 Å². The van der Waals surface area contributed by atoms with Crippen molar-refractivity contribution < 1.29 is 4.74 Å². The van der Waals surface area contributed by atoms with Crippen LogP contribution in [-0.4, -0.2) is 18.9 Å². The molecule has 0 N–H and O–H groups in total. The fraction of sp³-hybridized carbons (Fsp3) is 0.400. The first-order valence-corrected chi connectivity index (χ1v) is 4.82. The number of benzene rings is 1. The van der Waals surface area contributed by atoms with Crippen LogP contribution >= 0.6 is 0 Å². The number of hydrogen-bond donors (Lipinski definition) is 0. The van der Waals surface area contributed by atoms with E-state index in [2.05, 4.69) is 10.3 Å². The molecule has 1 aromatic carbocycles. The van der Waals surface area contributed by atoms with Gasteiger partial charge in [-0.25, -0.2) is 5.01 Å². The standard InChI is InChI=1S/C10H11N3O/c1-2-4-8(5-3-1)13-10-9(11-12-13)6-7-14-10/h1-5,9-10H,6-7H2. The summed E-state index contributed by atoms with van der Waals surface area (Å²) >= 11 is 0. The zero-order valence-electron chi connectivity index (χ0n) is 7.71. The minimum atomic E-state index is 0.0254. The molecular weight excluding hydrogens is 178 g/mol. The van der Waals surface area contributed by atoms with Crippen molar-refractivity contribution in [2.45, 2.75) is 18.7 Å². The Bertz CT molecular complexity index is 352. The highest BCUT2D eigenvalue weighted by Gasteiger charge is 2.38. The summed E-state index contributed by atoms with van der Waals surface area (Å²) in [6, 6.07) is 10.2. The Labute approximate surface area is 82.2 Å². The largest absolute Gasteiger partial charge is 0.354 e. The van der Waals surface area contributed by atoms with E-state index in [1.807, 2.05) is 35.3 Å². The highest BCUT2D eigenvalue weighted by molar-refractivity contribution is 5.46. The molecule has 0 aromatic heterocycles. The second kappa shape index (κ2) is 3.06. The molecule has 3 rings (SSSR count). The van der Waals surface area contributed by atoms with E-state index in [4.69, 9.17) is 4.74 Å². The Morgan fingerprint density at radius 1 is 1.29 bits per heavy atom. The van der Waals surface area contributed by atoms with E-state index in [1.165, 1.54) is 0 Å². The van der Waals surface area contributed by atoms with Crippen LogP contribution in [0.5, 0.6) is 0 Å². The van der Waals surface area contributed by atoms with Crippen molar-refractivity contribution in [2.75, 3.05) is 11.6 Å². The molecule has 72 valence electrons. The van der Waals surface area contributed by atoms with Gasteiger partial charge in [0, 0.05) is 0 Å². The molecule has 2 heterocycles. The minimum absolute atomic E-state index is 0.0254. The first-order valence-electron chi connectivity index (χ1n) is 4.82. The molecule has 14 heavy (non-hydrogen) atoms. The topological polar surface area (TPSA) is 37.2 Å². The van der Waals surface area contributed by atoms with Gasteiger partial charge in [-0.2, -0.15) is 5.11 Å². The van der Waals surface area contributed by atoms with Crippen molar-refractivity contribution in [3.8, 4) is 0 Å². The summed E-state index contributed by atoms with van der Waals surface area (Å²) in [5.41, 5.74) is 1.05. The van der Waals surface area contributed by atoms with Crippen LogP contribution in [0.25, 0.3) is 0 Å². The molecule has 1 saturated heterocycles. The van der Waals surface area contributed by atoms with Gasteiger partial charge >= 0.3 is 0 Å². The molecular formula is C10H11N3O. The predicted molar refractivity (Wildman–Crippen MR) is 51.9 cm³/mol. The predicted octanol–water partition coefficient (Wildman–Crippen LogP) is 1.99. The van der Waals surface area contributed by atoms with Crippen molar-refractivity contribution in [3.63, 3.8) is 0 Å². The van der Waals surface area contributed by atoms with E-state index < -0.39 is 0 Å². The van der Waals surface area contributed by atoms with Crippen LogP contribution in [0.4, 0.5) is 5.69 Å². The van der Waals surface area contributed by atoms with Gasteiger partial charge in [0.1, 0.15) is 6.04 Å². The molecule has 2 unspecified atom stereocenters. The summed E-state index contributed by atoms with van der Waals surface area (Å²) in [5, 5.41) is 10.2. The second-order valence-electron chi connectivity index (χ2n) is 3.50. The van der Waals surface area contributed by atoms with Gasteiger partial charge in [-0.15, -0.1) is 0 Å². The number of hydrogen-bond acceptors (Lipinski definition) is 4. The number of ether oxygens (including phenoxy) is 1. The van der Waals surface area contributed by atoms with E-state index >= 15 is 0 Å². The lowest BCUT2D eigenvalue weighted by molar-refractivity contribution is 0.111. The maximum Gasteiger partial charge on any atom is 0.176 e. The van der Waals surface area contributed by atoms with Crippen molar-refractivity contribution in [1.29, 1.82) is 0 Å². The lowest BCUT2D eigenvalue weighted by Crippen LogP contribution is -2.31. The molecule has 0 radical (unpaired) electrons. The summed E-state index contributed by atoms with van der Waals surface area (Å²) in [7, 11) is 0. The van der Waals surface area contributed by atoms with Gasteiger partial charge in [0.15, 0.2) is 6.23 Å². The monoisotopic (exact) mass is 189 g/mol. The van der Waals surface area contributed by atoms with Crippen LogP contribution in [-0.2, 0) is 4.74 Å². The van der Waals surface area contributed by atoms with E-state index in [-0.39, 0.29) is 12.3 Å². The molecule has 4 heteroatoms. The van der Waals surface area contributed by atoms with E-state index in [0.717, 1.165) is 18.7 Å². The first kappa shape index (κ1) is 7.94. The Balaban J connectivity index is 1.90. The summed E-state index contributed by atoms with van der Waals surface area (Å²) in [6.07, 6.45) is 1.01. The SMILES string of the molecule is c1ccc(N2N=NC3CCOC32)cc1. The molecule has 2 atom stereocenters. The molecule has 4 nitrogen and oxygen atoms in total. The fourth-order valence-corrected chi connectivity index (χ4v) is 1.86. The van der Waals surface area contributed by atoms with Gasteiger partial charge in [0.25, 0.3) is 0 Å². The van der Waals surface area contributed by atoms with Gasteiger partial charge < -0.3 is 4.74 Å². The molecule has 2 aliphatic heterocycles. The molecule has 0 spiro atoms. The maximum absolute atomic E-state index is 5.58. The third-order valence-corrected chi connectivity index (χ3v) is 2.59. The smallest absolute Gasteiger partial charge is 0.176 e. The number of anilines is 1. The summed E-state index contributed by atoms with van der Waals surface area (Å²) in [4.78, 5) is 0. The average Bonchev–Trinajstić information content (AvgIpc) is 2.79. The van der Waals surface area contributed by atoms with Crippen LogP contribution in [0, 0.1) is 0 Å². The van der Waals surface area contributed by atoms with Gasteiger partial charge in [-0.3, -0.25) is 0 Å². The number of para-hydroxylation sites is 1. The van der Waals surface area contributed by atoms with Crippen molar-refractivity contribution >= 4 is 5.69 Å². The van der Waals surface area contributed by atoms with Crippen molar-refractivity contribution in [3.05, 3.63) is 30.3 Å². The lowest BCUT2D eigenvalue weighted by Gasteiger charge is -2.19. The summed E-state index contributed by atoms with van der Waals surface area (Å²) in [6.45, 7) is 0.789. The van der Waals surface area contributed by atoms with E-state index in [0.29, 0.717) is 0 Å². The molecule has 0 amide bonds. The summed E-state index contributed by atoms with van der Waals surface area (Å²) < 4.78 is 5.58. The second-order valence-corrected chi connectivity index (χ2v) is 3.50. The highest BCUT2D eigenvalue weighted by atomic mass is 16.5. The maximum atomic E-state index is 5.58. The van der Waals surface area contributed by atoms with Crippen molar-refractivity contribution in [1.82, 2.24) is 0 Å². The molecule has 2 aliphatic rings. The van der Waals surface area contributed by atoms with Crippen LogP contribution in [0.1, 0.15) is 6.42 Å². The molecule has 1 fully saturated rings. The van der Waals surface area contributed by atoms with Crippen LogP contribution < -0.4 is 5.01 Å². The Kier molecular flexibility index (Phi) is 1.73. The molecule has 0 aliphatic carbocycles. The fourth-order valence-electron chi connectivity index (χ4n) is 1.86. The molecule has 1 aromatic rings. The third-order valence-electron chi connectivity index (χ3n) is 2.59. The number of fused-ring (bicyclic) bond motifs is 1. The third kappa shape index (κ3) is 1.11. The zero-order valence-corrected chi connectivity index (χ0v) is 7.71. The van der Waals surface area contributed by atoms with Gasteiger partial charge in [0.2, 0.25) is 0 Å². The average molecular weight is 189 g/mol. The highest BCUT2D eigenvalue weighted by Crippen LogP contribution is 2.31. The lowest BCUT2D eigenvalue weighted by atomic mass is 10.2. The molecule has 0 bridgehead atoms. The van der Waals surface area contributed by atoms with Crippen LogP contribution in [0.3, 0.4) is 0 Å². The minimum Gasteiger partial charge on any atom is -0.354 e. The van der Waals surface area contributed by atoms with Gasteiger partial charge in [0.05, 0.1) is 12.3 Å². The quantitative estimate of drug-likeness (QED) is 0.677. The number of rotatable bonds is 1. The Morgan fingerprint density at radius 3 is 3.00 bits per heavy atom. The van der Waals surface area contributed by atoms with Crippen LogP contribution in [0.15, 0.2) is 40.7 Å². The van der Waals surface area contributed by atoms with Crippen LogP contribution in [0.2, 0.25) is 0 Å². The summed E-state index contributed by atoms with van der Waals surface area (Å²) in [5.74, 6) is 0. The Hall–Kier alpha value is -1.42. The van der Waals surface area contributed by atoms with Gasteiger partial charge in [-0.1, -0.05) is 23.4 Å². The first-order chi connectivity index (χ1) is 6.95. The van der Waals surface area contributed by atoms with Gasteiger partial charge in [-0.05, 0) is 18.6 Å².